The summed E-state index contributed by atoms with van der Waals surface area (Å²) >= 11 is 0. The van der Waals surface area contributed by atoms with Crippen molar-refractivity contribution in [3.05, 3.63) is 30.2 Å². The normalized spacial score (nSPS) is 16.3. The maximum atomic E-state index is 12.1. The molecule has 1 aromatic carbocycles. The largest absolute Gasteiger partial charge is 0.423 e. The van der Waals surface area contributed by atoms with E-state index in [0.29, 0.717) is 11.6 Å². The monoisotopic (exact) mass is 316 g/mol. The van der Waals surface area contributed by atoms with Gasteiger partial charge in [-0.3, -0.25) is 0 Å². The molecular formula is C16H20N4O3. The molecule has 1 heterocycles. The highest BCUT2D eigenvalue weighted by molar-refractivity contribution is 5.90. The molecule has 2 amide bonds. The third-order valence-corrected chi connectivity index (χ3v) is 4.21. The van der Waals surface area contributed by atoms with Crippen LogP contribution in [0.15, 0.2) is 29.0 Å². The molecule has 1 fully saturated rings. The standard InChI is InChI=1S/C16H20N4O3/c1-11-4-5-12(14-20-18-10-23-14)8-13(11)19-15(21)17-9-16(22)6-2-3-7-16/h4-5,8,10,22H,2-3,6-7,9H2,1H3,(H2,17,19,21). The minimum atomic E-state index is -0.766. The molecule has 1 aliphatic carbocycles. The number of carbonyl (C=O) groups is 1. The zero-order chi connectivity index (χ0) is 16.3. The second kappa shape index (κ2) is 6.37. The van der Waals surface area contributed by atoms with E-state index in [1.165, 1.54) is 6.39 Å². The third kappa shape index (κ3) is 3.68. The van der Waals surface area contributed by atoms with E-state index in [4.69, 9.17) is 4.42 Å². The fraction of sp³-hybridized carbons (Fsp3) is 0.438. The quantitative estimate of drug-likeness (QED) is 0.804. The van der Waals surface area contributed by atoms with Crippen LogP contribution < -0.4 is 10.6 Å². The molecule has 0 spiro atoms. The Bertz CT molecular complexity index is 679. The number of amides is 2. The van der Waals surface area contributed by atoms with Crippen LogP contribution in [0.2, 0.25) is 0 Å². The molecule has 1 aliphatic rings. The van der Waals surface area contributed by atoms with Crippen molar-refractivity contribution in [2.24, 2.45) is 0 Å². The summed E-state index contributed by atoms with van der Waals surface area (Å²) in [5, 5.41) is 23.3. The fourth-order valence-corrected chi connectivity index (χ4v) is 2.81. The summed E-state index contributed by atoms with van der Waals surface area (Å²) in [6, 6.07) is 5.18. The van der Waals surface area contributed by atoms with Crippen LogP contribution in [0.25, 0.3) is 11.5 Å². The van der Waals surface area contributed by atoms with Gasteiger partial charge in [-0.1, -0.05) is 18.9 Å². The number of aliphatic hydroxyl groups is 1. The lowest BCUT2D eigenvalue weighted by Crippen LogP contribution is -2.42. The van der Waals surface area contributed by atoms with E-state index in [-0.39, 0.29) is 12.6 Å². The van der Waals surface area contributed by atoms with Gasteiger partial charge in [0.05, 0.1) is 5.60 Å². The van der Waals surface area contributed by atoms with Gasteiger partial charge in [-0.25, -0.2) is 4.79 Å². The first-order chi connectivity index (χ1) is 11.1. The summed E-state index contributed by atoms with van der Waals surface area (Å²) in [6.07, 6.45) is 4.74. The van der Waals surface area contributed by atoms with Crippen LogP contribution >= 0.6 is 0 Å². The van der Waals surface area contributed by atoms with Crippen molar-refractivity contribution >= 4 is 11.7 Å². The van der Waals surface area contributed by atoms with Crippen molar-refractivity contribution in [1.82, 2.24) is 15.5 Å². The van der Waals surface area contributed by atoms with Gasteiger partial charge in [-0.05, 0) is 37.5 Å². The van der Waals surface area contributed by atoms with Gasteiger partial charge in [-0.2, -0.15) is 0 Å². The fourth-order valence-electron chi connectivity index (χ4n) is 2.81. The van der Waals surface area contributed by atoms with Crippen LogP contribution in [0, 0.1) is 6.92 Å². The molecule has 0 radical (unpaired) electrons. The average molecular weight is 316 g/mol. The van der Waals surface area contributed by atoms with E-state index in [0.717, 1.165) is 36.8 Å². The van der Waals surface area contributed by atoms with E-state index >= 15 is 0 Å². The minimum Gasteiger partial charge on any atom is -0.423 e. The summed E-state index contributed by atoms with van der Waals surface area (Å²) in [4.78, 5) is 12.1. The van der Waals surface area contributed by atoms with Crippen molar-refractivity contribution in [1.29, 1.82) is 0 Å². The zero-order valence-corrected chi connectivity index (χ0v) is 13.0. The lowest BCUT2D eigenvalue weighted by molar-refractivity contribution is 0.0506. The maximum Gasteiger partial charge on any atom is 0.319 e. The number of urea groups is 1. The van der Waals surface area contributed by atoms with Gasteiger partial charge in [0, 0.05) is 17.8 Å². The second-order valence-electron chi connectivity index (χ2n) is 6.01. The number of benzene rings is 1. The number of aromatic nitrogens is 2. The number of hydrogen-bond acceptors (Lipinski definition) is 5. The number of rotatable bonds is 4. The molecule has 1 aromatic heterocycles. The van der Waals surface area contributed by atoms with Gasteiger partial charge < -0.3 is 20.2 Å². The smallest absolute Gasteiger partial charge is 0.319 e. The molecular weight excluding hydrogens is 296 g/mol. The Balaban J connectivity index is 1.65. The Morgan fingerprint density at radius 3 is 2.87 bits per heavy atom. The highest BCUT2D eigenvalue weighted by atomic mass is 16.4. The molecule has 0 aliphatic heterocycles. The van der Waals surface area contributed by atoms with Gasteiger partial charge in [0.15, 0.2) is 0 Å². The predicted octanol–water partition coefficient (Wildman–Crippen LogP) is 2.47. The third-order valence-electron chi connectivity index (χ3n) is 4.21. The Morgan fingerprint density at radius 2 is 2.17 bits per heavy atom. The Morgan fingerprint density at radius 1 is 1.39 bits per heavy atom. The molecule has 0 bridgehead atoms. The Kier molecular flexibility index (Phi) is 4.29. The van der Waals surface area contributed by atoms with Crippen LogP contribution in [0.5, 0.6) is 0 Å². The zero-order valence-electron chi connectivity index (χ0n) is 13.0. The van der Waals surface area contributed by atoms with Crippen LogP contribution in [0.1, 0.15) is 31.2 Å². The van der Waals surface area contributed by atoms with E-state index in [1.807, 2.05) is 19.1 Å². The second-order valence-corrected chi connectivity index (χ2v) is 6.01. The van der Waals surface area contributed by atoms with E-state index < -0.39 is 5.60 Å². The van der Waals surface area contributed by atoms with Crippen LogP contribution in [-0.4, -0.2) is 33.5 Å². The van der Waals surface area contributed by atoms with Gasteiger partial charge in [0.25, 0.3) is 0 Å². The molecule has 0 saturated heterocycles. The van der Waals surface area contributed by atoms with Gasteiger partial charge in [0.2, 0.25) is 12.3 Å². The van der Waals surface area contributed by atoms with Crippen molar-refractivity contribution in [2.75, 3.05) is 11.9 Å². The lowest BCUT2D eigenvalue weighted by Gasteiger charge is -2.22. The molecule has 0 atom stereocenters. The molecule has 2 aromatic rings. The van der Waals surface area contributed by atoms with Crippen LogP contribution in [-0.2, 0) is 0 Å². The molecule has 7 heteroatoms. The summed E-state index contributed by atoms with van der Waals surface area (Å²) < 4.78 is 5.16. The Hall–Kier alpha value is -2.41. The number of anilines is 1. The SMILES string of the molecule is Cc1ccc(-c2nnco2)cc1NC(=O)NCC1(O)CCCC1. The number of nitrogens with zero attached hydrogens (tertiary/aromatic N) is 2. The van der Waals surface area contributed by atoms with Crippen molar-refractivity contribution in [2.45, 2.75) is 38.2 Å². The first-order valence-corrected chi connectivity index (χ1v) is 7.70. The summed E-state index contributed by atoms with van der Waals surface area (Å²) in [6.45, 7) is 2.17. The van der Waals surface area contributed by atoms with E-state index in [9.17, 15) is 9.90 Å². The highest BCUT2D eigenvalue weighted by Crippen LogP contribution is 2.28. The summed E-state index contributed by atoms with van der Waals surface area (Å²) in [5.74, 6) is 0.397. The van der Waals surface area contributed by atoms with Crippen LogP contribution in [0.3, 0.4) is 0 Å². The number of nitrogens with one attached hydrogen (secondary N) is 2. The topological polar surface area (TPSA) is 100 Å². The van der Waals surface area contributed by atoms with Gasteiger partial charge in [-0.15, -0.1) is 10.2 Å². The van der Waals surface area contributed by atoms with Crippen molar-refractivity contribution in [3.8, 4) is 11.5 Å². The molecule has 3 N–H and O–H groups in total. The predicted molar refractivity (Wildman–Crippen MR) is 84.9 cm³/mol. The summed E-state index contributed by atoms with van der Waals surface area (Å²) in [7, 11) is 0. The Labute approximate surface area is 134 Å². The highest BCUT2D eigenvalue weighted by Gasteiger charge is 2.31. The first kappa shape index (κ1) is 15.5. The van der Waals surface area contributed by atoms with Crippen molar-refractivity contribution in [3.63, 3.8) is 0 Å². The molecule has 7 nitrogen and oxygen atoms in total. The van der Waals surface area contributed by atoms with Gasteiger partial charge >= 0.3 is 6.03 Å². The molecule has 1 saturated carbocycles. The average Bonchev–Trinajstić information content (AvgIpc) is 3.20. The minimum absolute atomic E-state index is 0.265. The lowest BCUT2D eigenvalue weighted by atomic mass is 10.0. The molecule has 3 rings (SSSR count). The van der Waals surface area contributed by atoms with E-state index in [2.05, 4.69) is 20.8 Å². The van der Waals surface area contributed by atoms with Crippen molar-refractivity contribution < 1.29 is 14.3 Å². The maximum absolute atomic E-state index is 12.1. The molecule has 23 heavy (non-hydrogen) atoms. The summed E-state index contributed by atoms with van der Waals surface area (Å²) in [5.41, 5.74) is 1.55. The van der Waals surface area contributed by atoms with Crippen LogP contribution in [0.4, 0.5) is 10.5 Å². The molecule has 0 unspecified atom stereocenters. The van der Waals surface area contributed by atoms with E-state index in [1.54, 1.807) is 6.07 Å². The number of aryl methyl sites for hydroxylation is 1. The number of carbonyl (C=O) groups excluding carboxylic acids is 1. The number of hydrogen-bond donors (Lipinski definition) is 3. The molecule has 122 valence electrons. The van der Waals surface area contributed by atoms with Gasteiger partial charge in [0.1, 0.15) is 0 Å². The first-order valence-electron chi connectivity index (χ1n) is 7.70.